The Morgan fingerprint density at radius 1 is 1.06 bits per heavy atom. The molecule has 0 radical (unpaired) electrons. The zero-order valence-electron chi connectivity index (χ0n) is 20.7. The lowest BCUT2D eigenvalue weighted by Crippen LogP contribution is -2.34. The molecule has 0 saturated heterocycles. The molecule has 6 rings (SSSR count). The molecule has 2 aliphatic carbocycles. The van der Waals surface area contributed by atoms with Crippen LogP contribution in [-0.2, 0) is 11.3 Å². The minimum absolute atomic E-state index is 0.0235. The Kier molecular flexibility index (Phi) is 6.12. The van der Waals surface area contributed by atoms with E-state index < -0.39 is 0 Å². The van der Waals surface area contributed by atoms with Gasteiger partial charge in [-0.2, -0.15) is 0 Å². The molecule has 3 aliphatic rings. The number of rotatable bonds is 6. The van der Waals surface area contributed by atoms with Crippen molar-refractivity contribution in [1.82, 2.24) is 4.57 Å². The number of carbonyl (C=O) groups is 1. The molecule has 1 aliphatic heterocycles. The van der Waals surface area contributed by atoms with Crippen LogP contribution in [0.3, 0.4) is 0 Å². The summed E-state index contributed by atoms with van der Waals surface area (Å²) in [5.41, 5.74) is 3.04. The van der Waals surface area contributed by atoms with Gasteiger partial charge in [-0.3, -0.25) is 14.2 Å². The number of benzene rings is 2. The number of hydrogen-bond acceptors (Lipinski definition) is 6. The van der Waals surface area contributed by atoms with Gasteiger partial charge in [0.15, 0.2) is 11.5 Å². The zero-order chi connectivity index (χ0) is 25.0. The largest absolute Gasteiger partial charge is 0.493 e. The van der Waals surface area contributed by atoms with Gasteiger partial charge >= 0.3 is 4.87 Å². The summed E-state index contributed by atoms with van der Waals surface area (Å²) in [7, 11) is 3.30. The highest BCUT2D eigenvalue weighted by molar-refractivity contribution is 8.00. The van der Waals surface area contributed by atoms with Crippen molar-refractivity contribution in [3.05, 3.63) is 68.1 Å². The molecule has 2 fully saturated rings. The average molecular weight is 523 g/mol. The van der Waals surface area contributed by atoms with Crippen LogP contribution in [-0.4, -0.2) is 29.9 Å². The van der Waals surface area contributed by atoms with E-state index in [0.717, 1.165) is 26.7 Å². The SMILES string of the molecule is COc1ccc([C@@H]2c3sc(=O)n(CC(=O)Nc4ccc(C)cc4)c3S[C@@H]3[C@H]4CC[C@@H](C4)[C@@H]23)cc1OC. The van der Waals surface area contributed by atoms with Crippen molar-refractivity contribution in [1.29, 1.82) is 0 Å². The number of aromatic nitrogens is 1. The smallest absolute Gasteiger partial charge is 0.308 e. The molecule has 188 valence electrons. The van der Waals surface area contributed by atoms with Crippen LogP contribution >= 0.6 is 23.1 Å². The lowest BCUT2D eigenvalue weighted by Gasteiger charge is -2.40. The Morgan fingerprint density at radius 3 is 2.56 bits per heavy atom. The predicted molar refractivity (Wildman–Crippen MR) is 144 cm³/mol. The van der Waals surface area contributed by atoms with Crippen molar-refractivity contribution < 1.29 is 14.3 Å². The summed E-state index contributed by atoms with van der Waals surface area (Å²) in [6, 6.07) is 13.9. The maximum absolute atomic E-state index is 13.3. The van der Waals surface area contributed by atoms with Gasteiger partial charge in [-0.05, 0) is 73.8 Å². The minimum Gasteiger partial charge on any atom is -0.493 e. The quantitative estimate of drug-likeness (QED) is 0.461. The van der Waals surface area contributed by atoms with Crippen LogP contribution in [0.2, 0.25) is 0 Å². The van der Waals surface area contributed by atoms with E-state index in [2.05, 4.69) is 17.4 Å². The molecule has 6 nitrogen and oxygen atoms in total. The molecule has 2 aromatic carbocycles. The molecule has 5 atom stereocenters. The fourth-order valence-electron chi connectivity index (χ4n) is 6.49. The molecule has 2 saturated carbocycles. The molecule has 8 heteroatoms. The molecular weight excluding hydrogens is 492 g/mol. The Balaban J connectivity index is 1.38. The fraction of sp³-hybridized carbons (Fsp3) is 0.429. The number of nitrogens with one attached hydrogen (secondary N) is 1. The summed E-state index contributed by atoms with van der Waals surface area (Å²) >= 11 is 3.15. The van der Waals surface area contributed by atoms with E-state index >= 15 is 0 Å². The third kappa shape index (κ3) is 3.95. The molecule has 36 heavy (non-hydrogen) atoms. The second-order valence-corrected chi connectivity index (χ2v) is 12.3. The van der Waals surface area contributed by atoms with Gasteiger partial charge in [-0.1, -0.05) is 35.1 Å². The summed E-state index contributed by atoms with van der Waals surface area (Å²) in [6.07, 6.45) is 3.79. The van der Waals surface area contributed by atoms with E-state index in [4.69, 9.17) is 9.47 Å². The van der Waals surface area contributed by atoms with E-state index in [1.54, 1.807) is 18.8 Å². The number of fused-ring (bicyclic) bond motifs is 6. The number of thioether (sulfide) groups is 1. The molecule has 1 amide bonds. The van der Waals surface area contributed by atoms with Gasteiger partial charge in [0.05, 0.1) is 19.2 Å². The van der Waals surface area contributed by atoms with Crippen molar-refractivity contribution in [2.75, 3.05) is 19.5 Å². The van der Waals surface area contributed by atoms with Crippen molar-refractivity contribution in [2.45, 2.75) is 48.9 Å². The first kappa shape index (κ1) is 23.7. The summed E-state index contributed by atoms with van der Waals surface area (Å²) in [5, 5.41) is 4.39. The Labute approximate surface area is 219 Å². The van der Waals surface area contributed by atoms with E-state index in [9.17, 15) is 9.59 Å². The molecule has 3 aromatic rings. The van der Waals surface area contributed by atoms with E-state index in [-0.39, 0.29) is 23.2 Å². The highest BCUT2D eigenvalue weighted by Crippen LogP contribution is 2.64. The highest BCUT2D eigenvalue weighted by Gasteiger charge is 2.55. The molecule has 1 N–H and O–H groups in total. The Hall–Kier alpha value is -2.71. The number of anilines is 1. The van der Waals surface area contributed by atoms with Crippen LogP contribution in [0.15, 0.2) is 52.3 Å². The molecule has 1 aromatic heterocycles. The van der Waals surface area contributed by atoms with Gasteiger partial charge in [0, 0.05) is 21.7 Å². The number of methoxy groups -OCH3 is 2. The van der Waals surface area contributed by atoms with Gasteiger partial charge in [-0.15, -0.1) is 11.8 Å². The van der Waals surface area contributed by atoms with Crippen molar-refractivity contribution in [3.63, 3.8) is 0 Å². The number of amides is 1. The second-order valence-electron chi connectivity index (χ2n) is 10.1. The van der Waals surface area contributed by atoms with Crippen LogP contribution in [0, 0.1) is 24.7 Å². The first-order valence-electron chi connectivity index (χ1n) is 12.5. The van der Waals surface area contributed by atoms with Gasteiger partial charge in [-0.25, -0.2) is 0 Å². The molecular formula is C28H30N2O4S2. The highest BCUT2D eigenvalue weighted by atomic mass is 32.2. The average Bonchev–Trinajstić information content (AvgIpc) is 3.58. The topological polar surface area (TPSA) is 69.6 Å². The predicted octanol–water partition coefficient (Wildman–Crippen LogP) is 5.53. The van der Waals surface area contributed by atoms with Crippen molar-refractivity contribution in [3.8, 4) is 11.5 Å². The first-order chi connectivity index (χ1) is 17.5. The maximum Gasteiger partial charge on any atom is 0.308 e. The van der Waals surface area contributed by atoms with E-state index in [1.165, 1.54) is 30.6 Å². The number of ether oxygens (including phenoxy) is 2. The molecule has 0 unspecified atom stereocenters. The van der Waals surface area contributed by atoms with E-state index in [0.29, 0.717) is 34.5 Å². The summed E-state index contributed by atoms with van der Waals surface area (Å²) < 4.78 is 12.8. The Morgan fingerprint density at radius 2 is 1.81 bits per heavy atom. The van der Waals surface area contributed by atoms with Gasteiger partial charge in [0.2, 0.25) is 5.91 Å². The normalized spacial score (nSPS) is 25.8. The number of thiazole rings is 1. The molecule has 2 heterocycles. The monoisotopic (exact) mass is 522 g/mol. The van der Waals surface area contributed by atoms with Crippen LogP contribution < -0.4 is 19.7 Å². The lowest BCUT2D eigenvalue weighted by atomic mass is 9.75. The third-order valence-electron chi connectivity index (χ3n) is 8.09. The summed E-state index contributed by atoms with van der Waals surface area (Å²) in [4.78, 5) is 27.3. The number of hydrogen-bond donors (Lipinski definition) is 1. The van der Waals surface area contributed by atoms with Crippen molar-refractivity contribution >= 4 is 34.7 Å². The van der Waals surface area contributed by atoms with Crippen LogP contribution in [0.5, 0.6) is 11.5 Å². The summed E-state index contributed by atoms with van der Waals surface area (Å²) in [6.45, 7) is 2.04. The standard InChI is InChI=1S/C28H30N2O4S2/c1-15-4-9-19(10-5-15)29-22(31)14-30-27-26(36-28(30)32)24(17-8-11-20(33-2)21(13-17)34-3)23-16-6-7-18(12-16)25(23)35-27/h4-5,8-11,13,16,18,23-25H,6-7,12,14H2,1-3H3,(H,29,31)/t16-,18-,23-,24-,25+/m0/s1. The second kappa shape index (κ2) is 9.30. The van der Waals surface area contributed by atoms with Crippen LogP contribution in [0.25, 0.3) is 0 Å². The minimum atomic E-state index is -0.181. The fourth-order valence-corrected chi connectivity index (χ4v) is 9.64. The first-order valence-corrected chi connectivity index (χ1v) is 14.1. The lowest BCUT2D eigenvalue weighted by molar-refractivity contribution is -0.116. The zero-order valence-corrected chi connectivity index (χ0v) is 22.3. The molecule has 0 spiro atoms. The summed E-state index contributed by atoms with van der Waals surface area (Å²) in [5.74, 6) is 3.20. The third-order valence-corrected chi connectivity index (χ3v) is 10.9. The van der Waals surface area contributed by atoms with Gasteiger partial charge < -0.3 is 14.8 Å². The van der Waals surface area contributed by atoms with Crippen LogP contribution in [0.4, 0.5) is 5.69 Å². The van der Waals surface area contributed by atoms with Crippen molar-refractivity contribution in [2.24, 2.45) is 17.8 Å². The van der Waals surface area contributed by atoms with Gasteiger partial charge in [0.25, 0.3) is 0 Å². The van der Waals surface area contributed by atoms with Crippen LogP contribution in [0.1, 0.15) is 41.2 Å². The van der Waals surface area contributed by atoms with Gasteiger partial charge in [0.1, 0.15) is 6.54 Å². The molecule has 2 bridgehead atoms. The maximum atomic E-state index is 13.3. The van der Waals surface area contributed by atoms with E-state index in [1.807, 2.05) is 49.0 Å². The number of aryl methyl sites for hydroxylation is 1. The number of carbonyl (C=O) groups excluding carboxylic acids is 1. The Bertz CT molecular complexity index is 1360. The number of nitrogens with zero attached hydrogens (tertiary/aromatic N) is 1.